The molecule has 0 radical (unpaired) electrons. The minimum atomic E-state index is -0.651. The Morgan fingerprint density at radius 2 is 1.75 bits per heavy atom. The van der Waals surface area contributed by atoms with Crippen molar-refractivity contribution in [2.45, 2.75) is 70.5 Å². The maximum Gasteiger partial charge on any atom is 0.234 e. The minimum Gasteiger partial charge on any atom is -0.379 e. The number of hydrogen-bond donors (Lipinski definition) is 2. The van der Waals surface area contributed by atoms with Crippen molar-refractivity contribution in [3.8, 4) is 0 Å². The van der Waals surface area contributed by atoms with Gasteiger partial charge in [-0.1, -0.05) is 19.3 Å². The highest BCUT2D eigenvalue weighted by Gasteiger charge is 2.67. The number of imide groups is 1. The molecule has 0 saturated carbocycles. The fraction of sp³-hybridized carbons (Fsp3) is 0.870. The molecule has 0 spiro atoms. The van der Waals surface area contributed by atoms with E-state index < -0.39 is 10.8 Å². The molecule has 0 unspecified atom stereocenters. The Morgan fingerprint density at radius 1 is 1.03 bits per heavy atom. The van der Waals surface area contributed by atoms with Crippen LogP contribution in [-0.2, 0) is 23.9 Å². The quantitative estimate of drug-likeness (QED) is 0.184. The molecule has 32 heavy (non-hydrogen) atoms. The molecule has 184 valence electrons. The van der Waals surface area contributed by atoms with Crippen LogP contribution in [0.2, 0.25) is 0 Å². The van der Waals surface area contributed by atoms with Crippen LogP contribution in [0.1, 0.15) is 65.2 Å². The number of carbonyl (C=O) groups is 3. The molecule has 7 nitrogen and oxygen atoms in total. The molecule has 2 aliphatic rings. The zero-order valence-electron chi connectivity index (χ0n) is 19.5. The molecule has 9 heteroatoms. The molecule has 0 aromatic rings. The first kappa shape index (κ1) is 27.4. The Balaban J connectivity index is 1.45. The summed E-state index contributed by atoms with van der Waals surface area (Å²) in [6.45, 7) is 6.64. The van der Waals surface area contributed by atoms with Gasteiger partial charge in [-0.2, -0.15) is 11.8 Å². The first-order valence-electron chi connectivity index (χ1n) is 11.8. The van der Waals surface area contributed by atoms with E-state index in [-0.39, 0.29) is 23.0 Å². The molecule has 0 aromatic heterocycles. The number of fused-ring (bicyclic) bond motifs is 1. The smallest absolute Gasteiger partial charge is 0.234 e. The third-order valence-electron chi connectivity index (χ3n) is 6.80. The molecular formula is C23H39ClN2O5S. The highest BCUT2D eigenvalue weighted by atomic mass is 35.5. The van der Waals surface area contributed by atoms with Gasteiger partial charge in [0.25, 0.3) is 0 Å². The van der Waals surface area contributed by atoms with E-state index in [0.29, 0.717) is 38.5 Å². The third-order valence-corrected chi connectivity index (χ3v) is 8.92. The maximum absolute atomic E-state index is 12.4. The topological polar surface area (TPSA) is 93.7 Å². The van der Waals surface area contributed by atoms with Crippen molar-refractivity contribution < 1.29 is 23.9 Å². The lowest BCUT2D eigenvalue weighted by Crippen LogP contribution is -2.43. The second-order valence-corrected chi connectivity index (χ2v) is 10.6. The van der Waals surface area contributed by atoms with Gasteiger partial charge in [0.1, 0.15) is 0 Å². The van der Waals surface area contributed by atoms with E-state index in [4.69, 9.17) is 21.1 Å². The van der Waals surface area contributed by atoms with Gasteiger partial charge >= 0.3 is 0 Å². The third kappa shape index (κ3) is 7.08. The second kappa shape index (κ2) is 13.8. The average molecular weight is 491 g/mol. The molecule has 2 N–H and O–H groups in total. The van der Waals surface area contributed by atoms with Crippen molar-refractivity contribution in [2.75, 3.05) is 44.6 Å². The van der Waals surface area contributed by atoms with E-state index in [2.05, 4.69) is 10.6 Å². The fourth-order valence-electron chi connectivity index (χ4n) is 4.32. The van der Waals surface area contributed by atoms with Crippen LogP contribution < -0.4 is 10.6 Å². The number of hydrogen-bond acceptors (Lipinski definition) is 6. The van der Waals surface area contributed by atoms with Crippen LogP contribution in [0.3, 0.4) is 0 Å². The van der Waals surface area contributed by atoms with E-state index in [1.165, 1.54) is 0 Å². The number of nitrogens with one attached hydrogen (secondary N) is 2. The number of carbonyl (C=O) groups excluding carboxylic acids is 3. The predicted molar refractivity (Wildman–Crippen MR) is 128 cm³/mol. The largest absolute Gasteiger partial charge is 0.379 e. The Morgan fingerprint density at radius 3 is 2.50 bits per heavy atom. The van der Waals surface area contributed by atoms with Crippen molar-refractivity contribution in [1.29, 1.82) is 0 Å². The van der Waals surface area contributed by atoms with Crippen molar-refractivity contribution in [1.82, 2.24) is 10.6 Å². The van der Waals surface area contributed by atoms with Gasteiger partial charge in [-0.3, -0.25) is 19.7 Å². The Hall–Kier alpha value is -0.830. The standard InChI is InChI=1S/C23H39ClN2O5S/c1-22-17-32-18(23(22,2)21(29)26-20(22)28)9-5-6-10-19(27)25-12-14-31-16-15-30-13-8-4-3-7-11-24/h18H,3-17H2,1-2H3,(H,25,27)(H,26,28,29)/t18-,22+,23-/m0/s1. The summed E-state index contributed by atoms with van der Waals surface area (Å²) < 4.78 is 11.0. The van der Waals surface area contributed by atoms with Gasteiger partial charge in [-0.25, -0.2) is 0 Å². The number of rotatable bonds is 17. The van der Waals surface area contributed by atoms with Crippen LogP contribution in [0, 0.1) is 10.8 Å². The minimum absolute atomic E-state index is 0.0192. The van der Waals surface area contributed by atoms with Crippen molar-refractivity contribution in [3.05, 3.63) is 0 Å². The van der Waals surface area contributed by atoms with Crippen LogP contribution in [0.25, 0.3) is 0 Å². The number of halogens is 1. The van der Waals surface area contributed by atoms with Crippen LogP contribution in [0.15, 0.2) is 0 Å². The molecule has 2 heterocycles. The van der Waals surface area contributed by atoms with E-state index in [1.54, 1.807) is 11.8 Å². The Bertz CT molecular complexity index is 638. The van der Waals surface area contributed by atoms with Crippen LogP contribution in [-0.4, -0.2) is 67.6 Å². The summed E-state index contributed by atoms with van der Waals surface area (Å²) in [7, 11) is 0. The van der Waals surface area contributed by atoms with E-state index >= 15 is 0 Å². The summed E-state index contributed by atoms with van der Waals surface area (Å²) in [6.07, 6.45) is 7.34. The van der Waals surface area contributed by atoms with Crippen LogP contribution >= 0.6 is 23.4 Å². The molecule has 3 atom stereocenters. The second-order valence-electron chi connectivity index (χ2n) is 9.04. The van der Waals surface area contributed by atoms with Gasteiger partial charge in [0, 0.05) is 36.5 Å². The number of amides is 3. The van der Waals surface area contributed by atoms with E-state index in [1.807, 2.05) is 13.8 Å². The Kier molecular flexibility index (Phi) is 11.8. The number of thioether (sulfide) groups is 1. The molecule has 2 rings (SSSR count). The SMILES string of the molecule is C[C@]12CS[C@@H](CCCCC(=O)NCCOCCOCCCCCCCl)[C@@]1(C)C(=O)NC2=O. The van der Waals surface area contributed by atoms with Crippen molar-refractivity contribution >= 4 is 41.1 Å². The molecule has 2 aliphatic heterocycles. The van der Waals surface area contributed by atoms with Gasteiger partial charge in [0.2, 0.25) is 17.7 Å². The Labute approximate surface area is 201 Å². The first-order valence-corrected chi connectivity index (χ1v) is 13.4. The van der Waals surface area contributed by atoms with Gasteiger partial charge in [0.05, 0.1) is 30.7 Å². The number of unbranched alkanes of at least 4 members (excludes halogenated alkanes) is 4. The highest BCUT2D eigenvalue weighted by Crippen LogP contribution is 2.59. The molecule has 2 fully saturated rings. The zero-order chi connectivity index (χ0) is 23.5. The average Bonchev–Trinajstić information content (AvgIpc) is 3.13. The van der Waals surface area contributed by atoms with E-state index in [9.17, 15) is 14.4 Å². The summed E-state index contributed by atoms with van der Waals surface area (Å²) >= 11 is 7.35. The van der Waals surface area contributed by atoms with Crippen molar-refractivity contribution in [3.63, 3.8) is 0 Å². The number of ether oxygens (including phenoxy) is 2. The summed E-state index contributed by atoms with van der Waals surface area (Å²) in [4.78, 5) is 36.6. The van der Waals surface area contributed by atoms with E-state index in [0.717, 1.165) is 57.4 Å². The van der Waals surface area contributed by atoms with Crippen LogP contribution in [0.5, 0.6) is 0 Å². The summed E-state index contributed by atoms with van der Waals surface area (Å²) in [6, 6.07) is 0. The molecular weight excluding hydrogens is 452 g/mol. The maximum atomic E-state index is 12.4. The summed E-state index contributed by atoms with van der Waals surface area (Å²) in [5, 5.41) is 5.51. The molecule has 0 aromatic carbocycles. The van der Waals surface area contributed by atoms with Gasteiger partial charge in [-0.05, 0) is 39.5 Å². The van der Waals surface area contributed by atoms with Crippen molar-refractivity contribution in [2.24, 2.45) is 10.8 Å². The zero-order valence-corrected chi connectivity index (χ0v) is 21.1. The molecule has 2 saturated heterocycles. The van der Waals surface area contributed by atoms with Gasteiger partial charge < -0.3 is 14.8 Å². The summed E-state index contributed by atoms with van der Waals surface area (Å²) in [5.74, 6) is 1.13. The first-order chi connectivity index (χ1) is 15.4. The lowest BCUT2D eigenvalue weighted by Gasteiger charge is -2.32. The van der Waals surface area contributed by atoms with Crippen LogP contribution in [0.4, 0.5) is 0 Å². The predicted octanol–water partition coefficient (Wildman–Crippen LogP) is 3.28. The lowest BCUT2D eigenvalue weighted by atomic mass is 9.66. The molecule has 0 aliphatic carbocycles. The molecule has 0 bridgehead atoms. The number of alkyl halides is 1. The van der Waals surface area contributed by atoms with Gasteiger partial charge in [0.15, 0.2) is 0 Å². The fourth-order valence-corrected chi connectivity index (χ4v) is 6.51. The summed E-state index contributed by atoms with van der Waals surface area (Å²) in [5.41, 5.74) is -1.27. The van der Waals surface area contributed by atoms with Gasteiger partial charge in [-0.15, -0.1) is 11.6 Å². The monoisotopic (exact) mass is 490 g/mol. The molecule has 3 amide bonds. The normalized spacial score (nSPS) is 26.9. The lowest BCUT2D eigenvalue weighted by molar-refractivity contribution is -0.129. The highest BCUT2D eigenvalue weighted by molar-refractivity contribution is 8.00.